The molecule has 1 saturated heterocycles. The van der Waals surface area contributed by atoms with Crippen LogP contribution in [0.3, 0.4) is 0 Å². The van der Waals surface area contributed by atoms with Gasteiger partial charge in [-0.3, -0.25) is 4.90 Å². The van der Waals surface area contributed by atoms with Gasteiger partial charge < -0.3 is 5.32 Å². The summed E-state index contributed by atoms with van der Waals surface area (Å²) in [5, 5.41) is 2.31. The minimum atomic E-state index is -3.73. The summed E-state index contributed by atoms with van der Waals surface area (Å²) >= 11 is 0. The molecule has 1 aromatic rings. The van der Waals surface area contributed by atoms with Crippen LogP contribution in [0.5, 0.6) is 0 Å². The standard InChI is InChI=1S/C20H29N3O3S/c1-2-23-12-4-3-11-18(23)27(25,26)22-20(24)21-19-16-9-5-7-14(16)13-15-8-6-10-17(15)19/h13,18H,2-12H2,1H3,(H2,21,22,24). The summed E-state index contributed by atoms with van der Waals surface area (Å²) in [7, 11) is -3.73. The van der Waals surface area contributed by atoms with Crippen molar-refractivity contribution in [2.45, 2.75) is 70.1 Å². The van der Waals surface area contributed by atoms with Crippen molar-refractivity contribution in [3.05, 3.63) is 28.3 Å². The summed E-state index contributed by atoms with van der Waals surface area (Å²) in [6, 6.07) is 1.68. The highest BCUT2D eigenvalue weighted by atomic mass is 32.2. The molecule has 0 spiro atoms. The summed E-state index contributed by atoms with van der Waals surface area (Å²) < 4.78 is 27.9. The van der Waals surface area contributed by atoms with Gasteiger partial charge in [0.1, 0.15) is 5.37 Å². The topological polar surface area (TPSA) is 78.5 Å². The van der Waals surface area contributed by atoms with Crippen molar-refractivity contribution in [3.63, 3.8) is 0 Å². The van der Waals surface area contributed by atoms with Crippen LogP contribution in [0.25, 0.3) is 0 Å². The number of rotatable bonds is 4. The lowest BCUT2D eigenvalue weighted by Crippen LogP contribution is -2.51. The molecule has 3 aliphatic rings. The summed E-state index contributed by atoms with van der Waals surface area (Å²) in [6.45, 7) is 3.40. The maximum absolute atomic E-state index is 12.8. The molecule has 1 aromatic carbocycles. The van der Waals surface area contributed by atoms with Crippen molar-refractivity contribution in [2.75, 3.05) is 18.4 Å². The second kappa shape index (κ2) is 7.43. The monoisotopic (exact) mass is 391 g/mol. The number of likely N-dealkylation sites (tertiary alicyclic amines) is 1. The van der Waals surface area contributed by atoms with E-state index < -0.39 is 21.4 Å². The lowest BCUT2D eigenvalue weighted by atomic mass is 9.99. The van der Waals surface area contributed by atoms with Gasteiger partial charge in [-0.25, -0.2) is 17.9 Å². The first-order valence-corrected chi connectivity index (χ1v) is 11.8. The number of urea groups is 1. The lowest BCUT2D eigenvalue weighted by Gasteiger charge is -2.34. The van der Waals surface area contributed by atoms with Crippen LogP contribution in [0, 0.1) is 0 Å². The van der Waals surface area contributed by atoms with Gasteiger partial charge in [-0.05, 0) is 93.1 Å². The van der Waals surface area contributed by atoms with E-state index in [1.807, 2.05) is 11.8 Å². The van der Waals surface area contributed by atoms with E-state index in [9.17, 15) is 13.2 Å². The Morgan fingerprint density at radius 2 is 1.74 bits per heavy atom. The Hall–Kier alpha value is -1.60. The number of hydrogen-bond donors (Lipinski definition) is 2. The first-order valence-electron chi connectivity index (χ1n) is 10.2. The predicted molar refractivity (Wildman–Crippen MR) is 106 cm³/mol. The Balaban J connectivity index is 1.54. The van der Waals surface area contributed by atoms with Crippen molar-refractivity contribution in [2.24, 2.45) is 0 Å². The van der Waals surface area contributed by atoms with Crippen LogP contribution in [0.4, 0.5) is 10.5 Å². The molecule has 1 aliphatic heterocycles. The number of anilines is 1. The van der Waals surface area contributed by atoms with Gasteiger partial charge in [0, 0.05) is 5.69 Å². The highest BCUT2D eigenvalue weighted by Crippen LogP contribution is 2.38. The Kier molecular flexibility index (Phi) is 5.16. The van der Waals surface area contributed by atoms with Crippen LogP contribution >= 0.6 is 0 Å². The van der Waals surface area contributed by atoms with Crippen LogP contribution in [-0.2, 0) is 35.7 Å². The number of piperidine rings is 1. The molecule has 27 heavy (non-hydrogen) atoms. The number of carbonyl (C=O) groups is 1. The second-order valence-corrected chi connectivity index (χ2v) is 9.75. The first-order chi connectivity index (χ1) is 13.0. The highest BCUT2D eigenvalue weighted by molar-refractivity contribution is 7.90. The molecule has 7 heteroatoms. The zero-order valence-corrected chi connectivity index (χ0v) is 16.8. The van der Waals surface area contributed by atoms with E-state index in [2.05, 4.69) is 16.1 Å². The summed E-state index contributed by atoms with van der Waals surface area (Å²) in [4.78, 5) is 14.6. The molecular weight excluding hydrogens is 362 g/mol. The fraction of sp³-hybridized carbons (Fsp3) is 0.650. The number of nitrogens with one attached hydrogen (secondary N) is 2. The number of benzene rings is 1. The van der Waals surface area contributed by atoms with E-state index in [-0.39, 0.29) is 0 Å². The van der Waals surface area contributed by atoms with Gasteiger partial charge in [-0.15, -0.1) is 0 Å². The maximum atomic E-state index is 12.8. The number of fused-ring (bicyclic) bond motifs is 2. The van der Waals surface area contributed by atoms with Crippen LogP contribution < -0.4 is 10.0 Å². The second-order valence-electron chi connectivity index (χ2n) is 7.91. The normalized spacial score (nSPS) is 22.3. The lowest BCUT2D eigenvalue weighted by molar-refractivity contribution is 0.206. The zero-order valence-electron chi connectivity index (χ0n) is 16.0. The predicted octanol–water partition coefficient (Wildman–Crippen LogP) is 2.95. The molecule has 0 aromatic heterocycles. The smallest absolute Gasteiger partial charge is 0.307 e. The average Bonchev–Trinajstić information content (AvgIpc) is 3.30. The van der Waals surface area contributed by atoms with Gasteiger partial charge in [0.2, 0.25) is 0 Å². The van der Waals surface area contributed by atoms with E-state index in [1.165, 1.54) is 22.3 Å². The molecule has 4 rings (SSSR count). The molecule has 2 aliphatic carbocycles. The molecule has 2 N–H and O–H groups in total. The number of aryl methyl sites for hydroxylation is 2. The number of nitrogens with zero attached hydrogens (tertiary/aromatic N) is 1. The maximum Gasteiger partial charge on any atom is 0.332 e. The van der Waals surface area contributed by atoms with E-state index >= 15 is 0 Å². The van der Waals surface area contributed by atoms with Crippen LogP contribution in [0.1, 0.15) is 61.3 Å². The van der Waals surface area contributed by atoms with Crippen molar-refractivity contribution >= 4 is 21.7 Å². The summed E-state index contributed by atoms with van der Waals surface area (Å²) in [6.07, 6.45) is 8.66. The van der Waals surface area contributed by atoms with Crippen LogP contribution in [0.2, 0.25) is 0 Å². The quantitative estimate of drug-likeness (QED) is 0.827. The fourth-order valence-corrected chi connectivity index (χ4v) is 6.55. The Morgan fingerprint density at radius 1 is 1.07 bits per heavy atom. The van der Waals surface area contributed by atoms with Crippen molar-refractivity contribution < 1.29 is 13.2 Å². The summed E-state index contributed by atoms with van der Waals surface area (Å²) in [5.41, 5.74) is 5.92. The highest BCUT2D eigenvalue weighted by Gasteiger charge is 2.34. The molecule has 0 saturated carbocycles. The molecule has 1 atom stereocenters. The molecule has 148 valence electrons. The molecule has 0 bridgehead atoms. The van der Waals surface area contributed by atoms with Gasteiger partial charge in [0.15, 0.2) is 0 Å². The molecule has 6 nitrogen and oxygen atoms in total. The Morgan fingerprint density at radius 3 is 2.37 bits per heavy atom. The van der Waals surface area contributed by atoms with Gasteiger partial charge in [0.05, 0.1) is 0 Å². The third-order valence-corrected chi connectivity index (χ3v) is 7.98. The minimum absolute atomic E-state index is 0.576. The minimum Gasteiger partial charge on any atom is -0.307 e. The third-order valence-electron chi connectivity index (χ3n) is 6.26. The largest absolute Gasteiger partial charge is 0.332 e. The first kappa shape index (κ1) is 18.7. The zero-order chi connectivity index (χ0) is 19.0. The van der Waals surface area contributed by atoms with Crippen LogP contribution in [0.15, 0.2) is 6.07 Å². The Labute approximate surface area is 161 Å². The number of sulfonamides is 1. The van der Waals surface area contributed by atoms with Gasteiger partial charge in [-0.2, -0.15) is 0 Å². The fourth-order valence-electron chi connectivity index (χ4n) is 4.98. The Bertz CT molecular complexity index is 818. The van der Waals surface area contributed by atoms with Gasteiger partial charge >= 0.3 is 6.03 Å². The van der Waals surface area contributed by atoms with E-state index in [0.29, 0.717) is 13.0 Å². The van der Waals surface area contributed by atoms with Crippen molar-refractivity contribution in [1.82, 2.24) is 9.62 Å². The average molecular weight is 392 g/mol. The number of hydrogen-bond acceptors (Lipinski definition) is 4. The molecule has 0 radical (unpaired) electrons. The molecule has 1 unspecified atom stereocenters. The number of carbonyl (C=O) groups excluding carboxylic acids is 1. The molecule has 2 amide bonds. The van der Waals surface area contributed by atoms with Crippen LogP contribution in [-0.4, -0.2) is 37.8 Å². The van der Waals surface area contributed by atoms with E-state index in [1.54, 1.807) is 0 Å². The molecule has 1 fully saturated rings. The third kappa shape index (κ3) is 3.59. The van der Waals surface area contributed by atoms with Gasteiger partial charge in [-0.1, -0.05) is 13.0 Å². The van der Waals surface area contributed by atoms with Gasteiger partial charge in [0.25, 0.3) is 10.0 Å². The summed E-state index contributed by atoms with van der Waals surface area (Å²) in [5.74, 6) is 0. The van der Waals surface area contributed by atoms with E-state index in [4.69, 9.17) is 0 Å². The molecular formula is C20H29N3O3S. The number of amides is 2. The molecule has 1 heterocycles. The SMILES string of the molecule is CCN1CCCCC1S(=O)(=O)NC(=O)Nc1c2c(cc3c1CCC3)CCC2. The van der Waals surface area contributed by atoms with E-state index in [0.717, 1.165) is 63.6 Å². The van der Waals surface area contributed by atoms with Crippen molar-refractivity contribution in [1.29, 1.82) is 0 Å². The van der Waals surface area contributed by atoms with Crippen molar-refractivity contribution in [3.8, 4) is 0 Å².